The third-order valence-electron chi connectivity index (χ3n) is 6.02. The molecule has 2 heterocycles. The van der Waals surface area contributed by atoms with Crippen LogP contribution in [0.3, 0.4) is 0 Å². The van der Waals surface area contributed by atoms with Gasteiger partial charge in [0.1, 0.15) is 11.6 Å². The summed E-state index contributed by atoms with van der Waals surface area (Å²) in [5.41, 5.74) is 2.28. The lowest BCUT2D eigenvalue weighted by molar-refractivity contribution is -0.135. The van der Waals surface area contributed by atoms with E-state index in [9.17, 15) is 9.59 Å². The zero-order chi connectivity index (χ0) is 21.8. The topological polar surface area (TPSA) is 84.4 Å². The fourth-order valence-electron chi connectivity index (χ4n) is 4.11. The number of benzene rings is 1. The molecule has 1 saturated heterocycles. The van der Waals surface area contributed by atoms with Crippen LogP contribution in [-0.4, -0.2) is 46.4 Å². The van der Waals surface area contributed by atoms with Gasteiger partial charge in [-0.05, 0) is 63.1 Å². The van der Waals surface area contributed by atoms with Gasteiger partial charge in [0, 0.05) is 25.2 Å². The van der Waals surface area contributed by atoms with Crippen LogP contribution >= 0.6 is 0 Å². The molecule has 2 aliphatic rings. The van der Waals surface area contributed by atoms with Crippen LogP contribution in [0.15, 0.2) is 30.5 Å². The van der Waals surface area contributed by atoms with Gasteiger partial charge in [-0.1, -0.05) is 12.1 Å². The highest BCUT2D eigenvalue weighted by Gasteiger charge is 2.33. The molecule has 1 aliphatic heterocycles. The predicted molar refractivity (Wildman–Crippen MR) is 117 cm³/mol. The predicted octanol–water partition coefficient (Wildman–Crippen LogP) is 3.37. The first-order chi connectivity index (χ1) is 15.0. The van der Waals surface area contributed by atoms with E-state index in [1.807, 2.05) is 36.1 Å². The summed E-state index contributed by atoms with van der Waals surface area (Å²) < 4.78 is 5.20. The zero-order valence-electron chi connectivity index (χ0n) is 18.3. The third kappa shape index (κ3) is 5.21. The Balaban J connectivity index is 1.50. The summed E-state index contributed by atoms with van der Waals surface area (Å²) in [5, 5.41) is 3.04. The fourth-order valence-corrected chi connectivity index (χ4v) is 4.11. The highest BCUT2D eigenvalue weighted by atomic mass is 16.5. The van der Waals surface area contributed by atoms with Crippen molar-refractivity contribution in [3.63, 3.8) is 0 Å². The Morgan fingerprint density at radius 1 is 1.16 bits per heavy atom. The molecule has 0 bridgehead atoms. The number of methoxy groups -OCH3 is 1. The number of likely N-dealkylation sites (tertiary alicyclic amines) is 1. The molecule has 1 aromatic heterocycles. The minimum atomic E-state index is -0.182. The molecule has 1 aliphatic carbocycles. The lowest BCUT2D eigenvalue weighted by Crippen LogP contribution is -2.40. The maximum atomic E-state index is 13.2. The van der Waals surface area contributed by atoms with Crippen LogP contribution in [0.5, 0.6) is 5.75 Å². The number of nitrogens with one attached hydrogen (secondary N) is 1. The van der Waals surface area contributed by atoms with Crippen molar-refractivity contribution >= 4 is 11.8 Å². The normalized spacial score (nSPS) is 18.5. The number of piperidine rings is 1. The molecular formula is C24H30N4O3. The molecule has 1 N–H and O–H groups in total. The lowest BCUT2D eigenvalue weighted by atomic mass is 9.95. The maximum Gasteiger partial charge on any atom is 0.255 e. The highest BCUT2D eigenvalue weighted by molar-refractivity contribution is 5.95. The van der Waals surface area contributed by atoms with Crippen LogP contribution in [0.25, 0.3) is 0 Å². The zero-order valence-corrected chi connectivity index (χ0v) is 18.3. The van der Waals surface area contributed by atoms with Crippen LogP contribution in [-0.2, 0) is 11.2 Å². The number of carbonyl (C=O) groups excluding carboxylic acids is 2. The van der Waals surface area contributed by atoms with E-state index in [4.69, 9.17) is 4.74 Å². The van der Waals surface area contributed by atoms with Crippen molar-refractivity contribution in [2.75, 3.05) is 13.7 Å². The van der Waals surface area contributed by atoms with E-state index in [2.05, 4.69) is 15.3 Å². The number of hydrogen-bond acceptors (Lipinski definition) is 5. The Hall–Kier alpha value is -2.96. The quantitative estimate of drug-likeness (QED) is 0.740. The maximum absolute atomic E-state index is 13.2. The van der Waals surface area contributed by atoms with Crippen LogP contribution in [0, 0.1) is 6.92 Å². The molecule has 31 heavy (non-hydrogen) atoms. The van der Waals surface area contributed by atoms with Gasteiger partial charge in [-0.15, -0.1) is 0 Å². The summed E-state index contributed by atoms with van der Waals surface area (Å²) in [6.07, 6.45) is 7.55. The van der Waals surface area contributed by atoms with Crippen molar-refractivity contribution in [3.8, 4) is 5.75 Å². The number of amides is 2. The van der Waals surface area contributed by atoms with E-state index in [1.165, 1.54) is 0 Å². The van der Waals surface area contributed by atoms with Gasteiger partial charge in [0.2, 0.25) is 5.91 Å². The number of aryl methyl sites for hydroxylation is 2. The first-order valence-corrected chi connectivity index (χ1v) is 11.1. The van der Waals surface area contributed by atoms with Gasteiger partial charge in [-0.2, -0.15) is 0 Å². The second kappa shape index (κ2) is 9.45. The largest absolute Gasteiger partial charge is 0.497 e. The molecule has 7 nitrogen and oxygen atoms in total. The molecule has 7 heteroatoms. The minimum absolute atomic E-state index is 0.102. The number of rotatable bonds is 7. The molecule has 4 rings (SSSR count). The molecule has 0 unspecified atom stereocenters. The van der Waals surface area contributed by atoms with Crippen molar-refractivity contribution in [3.05, 3.63) is 53.1 Å². The molecule has 164 valence electrons. The number of hydrogen-bond donors (Lipinski definition) is 1. The number of nitrogens with zero attached hydrogens (tertiary/aromatic N) is 3. The van der Waals surface area contributed by atoms with Gasteiger partial charge in [-0.25, -0.2) is 9.97 Å². The van der Waals surface area contributed by atoms with Crippen LogP contribution in [0.1, 0.15) is 72.0 Å². The molecule has 2 aromatic rings. The number of aromatic nitrogens is 2. The van der Waals surface area contributed by atoms with Crippen molar-refractivity contribution in [2.24, 2.45) is 0 Å². The van der Waals surface area contributed by atoms with Gasteiger partial charge in [-0.3, -0.25) is 9.59 Å². The average Bonchev–Trinajstić information content (AvgIpc) is 3.61. The molecular weight excluding hydrogens is 392 g/mol. The Morgan fingerprint density at radius 3 is 2.65 bits per heavy atom. The fraction of sp³-hybridized carbons (Fsp3) is 0.500. The Morgan fingerprint density at radius 2 is 1.94 bits per heavy atom. The second-order valence-electron chi connectivity index (χ2n) is 8.41. The van der Waals surface area contributed by atoms with Gasteiger partial charge in [0.25, 0.3) is 5.91 Å². The van der Waals surface area contributed by atoms with E-state index in [0.29, 0.717) is 36.5 Å². The first-order valence-electron chi connectivity index (χ1n) is 11.1. The van der Waals surface area contributed by atoms with Crippen LogP contribution in [0.2, 0.25) is 0 Å². The Bertz CT molecular complexity index is 940. The second-order valence-corrected chi connectivity index (χ2v) is 8.41. The summed E-state index contributed by atoms with van der Waals surface area (Å²) in [4.78, 5) is 36.8. The molecule has 0 radical (unpaired) electrons. The van der Waals surface area contributed by atoms with Crippen molar-refractivity contribution in [2.45, 2.75) is 64.0 Å². The molecule has 2 amide bonds. The first kappa shape index (κ1) is 21.3. The molecule has 0 spiro atoms. The van der Waals surface area contributed by atoms with Crippen molar-refractivity contribution in [1.82, 2.24) is 20.2 Å². The van der Waals surface area contributed by atoms with E-state index >= 15 is 0 Å². The summed E-state index contributed by atoms with van der Waals surface area (Å²) in [7, 11) is 1.64. The van der Waals surface area contributed by atoms with Gasteiger partial charge in [0.05, 0.1) is 24.4 Å². The number of ether oxygens (including phenoxy) is 1. The smallest absolute Gasteiger partial charge is 0.255 e. The summed E-state index contributed by atoms with van der Waals surface area (Å²) in [6, 6.07) is 7.89. The van der Waals surface area contributed by atoms with Crippen molar-refractivity contribution < 1.29 is 14.3 Å². The summed E-state index contributed by atoms with van der Waals surface area (Å²) in [5.74, 6) is 1.40. The molecule has 1 aromatic carbocycles. The number of carbonyl (C=O) groups is 2. The standard InChI is InChI=1S/C24H30N4O3/c1-16-25-15-20(24(30)27-18-9-10-18)23(26-16)21-5-3-4-14-28(21)22(29)13-8-17-6-11-19(31-2)12-7-17/h6-7,11-12,15,18,21H,3-5,8-10,13-14H2,1-2H3,(H,27,30)/t21-/m0/s1. The monoisotopic (exact) mass is 422 g/mol. The van der Waals surface area contributed by atoms with Gasteiger partial charge >= 0.3 is 0 Å². The molecule has 2 fully saturated rings. The van der Waals surface area contributed by atoms with E-state index in [1.54, 1.807) is 13.3 Å². The molecule has 1 saturated carbocycles. The van der Waals surface area contributed by atoms with Crippen LogP contribution in [0.4, 0.5) is 0 Å². The highest BCUT2D eigenvalue weighted by Crippen LogP contribution is 2.33. The van der Waals surface area contributed by atoms with Gasteiger partial charge in [0.15, 0.2) is 0 Å². The van der Waals surface area contributed by atoms with E-state index < -0.39 is 0 Å². The SMILES string of the molecule is COc1ccc(CCC(=O)N2CCCC[C@H]2c2nc(C)ncc2C(=O)NC2CC2)cc1. The Kier molecular flexibility index (Phi) is 6.49. The lowest BCUT2D eigenvalue weighted by Gasteiger charge is -2.36. The Labute approximate surface area is 183 Å². The summed E-state index contributed by atoms with van der Waals surface area (Å²) in [6.45, 7) is 2.52. The summed E-state index contributed by atoms with van der Waals surface area (Å²) >= 11 is 0. The average molecular weight is 423 g/mol. The van der Waals surface area contributed by atoms with E-state index in [-0.39, 0.29) is 23.9 Å². The van der Waals surface area contributed by atoms with Gasteiger partial charge < -0.3 is 15.0 Å². The minimum Gasteiger partial charge on any atom is -0.497 e. The van der Waals surface area contributed by atoms with Crippen molar-refractivity contribution in [1.29, 1.82) is 0 Å². The van der Waals surface area contributed by atoms with E-state index in [0.717, 1.165) is 43.4 Å². The molecule has 1 atom stereocenters. The van der Waals surface area contributed by atoms with Crippen LogP contribution < -0.4 is 10.1 Å². The third-order valence-corrected chi connectivity index (χ3v) is 6.02.